The Kier molecular flexibility index (Phi) is 2.78. The van der Waals surface area contributed by atoms with Crippen molar-refractivity contribution < 1.29 is 9.53 Å². The number of hydrogen-bond donors (Lipinski definition) is 0. The molecule has 2 unspecified atom stereocenters. The van der Waals surface area contributed by atoms with Crippen LogP contribution in [0.2, 0.25) is 0 Å². The molecule has 2 aromatic carbocycles. The number of ether oxygens (including phenoxy) is 1. The first-order valence-corrected chi connectivity index (χ1v) is 6.45. The van der Waals surface area contributed by atoms with Gasteiger partial charge in [0.1, 0.15) is 0 Å². The van der Waals surface area contributed by atoms with Crippen LogP contribution in [0.15, 0.2) is 42.5 Å². The maximum Gasteiger partial charge on any atom is 0.309 e. The lowest BCUT2D eigenvalue weighted by Gasteiger charge is -2.06. The molecular weight excluding hydrogens is 224 g/mol. The summed E-state index contributed by atoms with van der Waals surface area (Å²) in [6.07, 6.45) is 0.923. The molecule has 1 saturated carbocycles. The summed E-state index contributed by atoms with van der Waals surface area (Å²) in [6.45, 7) is 2.32. The molecule has 0 N–H and O–H groups in total. The van der Waals surface area contributed by atoms with Crippen molar-refractivity contribution in [1.29, 1.82) is 0 Å². The summed E-state index contributed by atoms with van der Waals surface area (Å²) in [7, 11) is 0. The molecule has 0 saturated heterocycles. The molecule has 92 valence electrons. The Labute approximate surface area is 107 Å². The van der Waals surface area contributed by atoms with Crippen LogP contribution in [0, 0.1) is 5.92 Å². The Bertz CT molecular complexity index is 583. The van der Waals surface area contributed by atoms with Crippen LogP contribution in [0.25, 0.3) is 10.8 Å². The van der Waals surface area contributed by atoms with Crippen LogP contribution in [0.4, 0.5) is 0 Å². The lowest BCUT2D eigenvalue weighted by molar-refractivity contribution is -0.144. The predicted molar refractivity (Wildman–Crippen MR) is 71.4 cm³/mol. The number of rotatable bonds is 3. The molecule has 0 spiro atoms. The van der Waals surface area contributed by atoms with Gasteiger partial charge in [-0.25, -0.2) is 0 Å². The quantitative estimate of drug-likeness (QED) is 0.767. The minimum atomic E-state index is -0.0459. The van der Waals surface area contributed by atoms with Gasteiger partial charge < -0.3 is 4.74 Å². The highest BCUT2D eigenvalue weighted by Gasteiger charge is 2.45. The van der Waals surface area contributed by atoms with Gasteiger partial charge in [0.15, 0.2) is 0 Å². The van der Waals surface area contributed by atoms with Crippen molar-refractivity contribution in [2.24, 2.45) is 5.92 Å². The standard InChI is InChI=1S/C16H16O2/c1-2-18-16(17)15-10-14(15)13-9-5-7-11-6-3-4-8-12(11)13/h3-9,14-15H,2,10H2,1H3. The van der Waals surface area contributed by atoms with Gasteiger partial charge in [0.2, 0.25) is 0 Å². The Morgan fingerprint density at radius 1 is 1.22 bits per heavy atom. The first-order valence-electron chi connectivity index (χ1n) is 6.45. The van der Waals surface area contributed by atoms with Crippen LogP contribution in [-0.2, 0) is 9.53 Å². The van der Waals surface area contributed by atoms with E-state index in [9.17, 15) is 4.79 Å². The highest BCUT2D eigenvalue weighted by molar-refractivity contribution is 5.88. The molecule has 0 amide bonds. The van der Waals surface area contributed by atoms with Gasteiger partial charge in [0.25, 0.3) is 0 Å². The van der Waals surface area contributed by atoms with Crippen molar-refractivity contribution in [2.75, 3.05) is 6.61 Å². The summed E-state index contributed by atoms with van der Waals surface area (Å²) in [4.78, 5) is 11.7. The van der Waals surface area contributed by atoms with Crippen molar-refractivity contribution in [1.82, 2.24) is 0 Å². The first-order chi connectivity index (χ1) is 8.81. The van der Waals surface area contributed by atoms with Crippen molar-refractivity contribution in [3.8, 4) is 0 Å². The first kappa shape index (κ1) is 11.3. The molecule has 2 heteroatoms. The van der Waals surface area contributed by atoms with Gasteiger partial charge in [0.05, 0.1) is 12.5 Å². The molecular formula is C16H16O2. The van der Waals surface area contributed by atoms with E-state index in [0.29, 0.717) is 12.5 Å². The van der Waals surface area contributed by atoms with Crippen molar-refractivity contribution >= 4 is 16.7 Å². The van der Waals surface area contributed by atoms with Gasteiger partial charge >= 0.3 is 5.97 Å². The van der Waals surface area contributed by atoms with Gasteiger partial charge in [-0.2, -0.15) is 0 Å². The molecule has 0 heterocycles. The lowest BCUT2D eigenvalue weighted by atomic mass is 10.0. The molecule has 0 aliphatic heterocycles. The maximum absolute atomic E-state index is 11.7. The van der Waals surface area contributed by atoms with Gasteiger partial charge in [-0.3, -0.25) is 4.79 Å². The number of hydrogen-bond acceptors (Lipinski definition) is 2. The molecule has 3 rings (SSSR count). The zero-order valence-electron chi connectivity index (χ0n) is 10.4. The Hall–Kier alpha value is -1.83. The van der Waals surface area contributed by atoms with E-state index in [1.807, 2.05) is 19.1 Å². The Morgan fingerprint density at radius 2 is 2.00 bits per heavy atom. The minimum absolute atomic E-state index is 0.0459. The third kappa shape index (κ3) is 1.88. The largest absolute Gasteiger partial charge is 0.466 e. The fourth-order valence-electron chi connectivity index (χ4n) is 2.62. The molecule has 0 radical (unpaired) electrons. The summed E-state index contributed by atoms with van der Waals surface area (Å²) < 4.78 is 5.09. The van der Waals surface area contributed by atoms with Crippen LogP contribution in [0.3, 0.4) is 0 Å². The smallest absolute Gasteiger partial charge is 0.309 e. The summed E-state index contributed by atoms with van der Waals surface area (Å²) in [5, 5.41) is 2.50. The summed E-state index contributed by atoms with van der Waals surface area (Å²) >= 11 is 0. The number of fused-ring (bicyclic) bond motifs is 1. The lowest BCUT2D eigenvalue weighted by Crippen LogP contribution is -2.07. The van der Waals surface area contributed by atoms with Gasteiger partial charge in [0, 0.05) is 0 Å². The van der Waals surface area contributed by atoms with E-state index in [-0.39, 0.29) is 11.9 Å². The third-order valence-corrected chi connectivity index (χ3v) is 3.60. The van der Waals surface area contributed by atoms with E-state index in [1.54, 1.807) is 0 Å². The topological polar surface area (TPSA) is 26.3 Å². The van der Waals surface area contributed by atoms with E-state index in [0.717, 1.165) is 6.42 Å². The van der Waals surface area contributed by atoms with Crippen molar-refractivity contribution in [3.05, 3.63) is 48.0 Å². The molecule has 1 fully saturated rings. The highest BCUT2D eigenvalue weighted by Crippen LogP contribution is 2.50. The van der Waals surface area contributed by atoms with Crippen molar-refractivity contribution in [2.45, 2.75) is 19.3 Å². The summed E-state index contributed by atoms with van der Waals surface area (Å²) in [5.74, 6) is 0.362. The fraction of sp³-hybridized carbons (Fsp3) is 0.312. The van der Waals surface area contributed by atoms with Crippen LogP contribution in [0.1, 0.15) is 24.8 Å². The molecule has 0 bridgehead atoms. The summed E-state index contributed by atoms with van der Waals surface area (Å²) in [5.41, 5.74) is 1.28. The van der Waals surface area contributed by atoms with Crippen LogP contribution >= 0.6 is 0 Å². The summed E-state index contributed by atoms with van der Waals surface area (Å²) in [6, 6.07) is 14.6. The van der Waals surface area contributed by atoms with Crippen LogP contribution in [-0.4, -0.2) is 12.6 Å². The van der Waals surface area contributed by atoms with Gasteiger partial charge in [-0.05, 0) is 35.6 Å². The molecule has 18 heavy (non-hydrogen) atoms. The zero-order chi connectivity index (χ0) is 12.5. The average molecular weight is 240 g/mol. The van der Waals surface area contributed by atoms with E-state index >= 15 is 0 Å². The third-order valence-electron chi connectivity index (χ3n) is 3.60. The average Bonchev–Trinajstić information content (AvgIpc) is 3.18. The van der Waals surface area contributed by atoms with Crippen LogP contribution < -0.4 is 0 Å². The Balaban J connectivity index is 1.91. The highest BCUT2D eigenvalue weighted by atomic mass is 16.5. The number of carbonyl (C=O) groups is 1. The van der Waals surface area contributed by atoms with Gasteiger partial charge in [-0.15, -0.1) is 0 Å². The van der Waals surface area contributed by atoms with E-state index < -0.39 is 0 Å². The normalized spacial score (nSPS) is 21.8. The minimum Gasteiger partial charge on any atom is -0.466 e. The number of carbonyl (C=O) groups excluding carboxylic acids is 1. The molecule has 0 aromatic heterocycles. The van der Waals surface area contributed by atoms with Gasteiger partial charge in [-0.1, -0.05) is 42.5 Å². The monoisotopic (exact) mass is 240 g/mol. The molecule has 2 atom stereocenters. The predicted octanol–water partition coefficient (Wildman–Crippen LogP) is 3.51. The number of esters is 1. The van der Waals surface area contributed by atoms with E-state index in [1.165, 1.54) is 16.3 Å². The molecule has 1 aliphatic rings. The fourth-order valence-corrected chi connectivity index (χ4v) is 2.62. The number of benzene rings is 2. The van der Waals surface area contributed by atoms with E-state index in [2.05, 4.69) is 30.3 Å². The second kappa shape index (κ2) is 4.45. The molecule has 1 aliphatic carbocycles. The Morgan fingerprint density at radius 3 is 2.83 bits per heavy atom. The maximum atomic E-state index is 11.7. The van der Waals surface area contributed by atoms with Crippen LogP contribution in [0.5, 0.6) is 0 Å². The zero-order valence-corrected chi connectivity index (χ0v) is 10.4. The van der Waals surface area contributed by atoms with E-state index in [4.69, 9.17) is 4.74 Å². The second-order valence-electron chi connectivity index (χ2n) is 4.77. The second-order valence-corrected chi connectivity index (χ2v) is 4.77. The molecule has 2 nitrogen and oxygen atoms in total. The SMILES string of the molecule is CCOC(=O)C1CC1c1cccc2ccccc12. The molecule has 2 aromatic rings. The van der Waals surface area contributed by atoms with Crippen molar-refractivity contribution in [3.63, 3.8) is 0 Å².